The number of hydrogen-bond acceptors (Lipinski definition) is 5. The summed E-state index contributed by atoms with van der Waals surface area (Å²) in [6.45, 7) is 3.72. The number of halogens is 1. The lowest BCUT2D eigenvalue weighted by Gasteiger charge is -2.37. The number of amides is 3. The molecule has 0 bridgehead atoms. The third-order valence-corrected chi connectivity index (χ3v) is 6.67. The number of imide groups is 1. The van der Waals surface area contributed by atoms with Crippen molar-refractivity contribution in [3.8, 4) is 0 Å². The van der Waals surface area contributed by atoms with Gasteiger partial charge in [-0.1, -0.05) is 0 Å². The zero-order valence-corrected chi connectivity index (χ0v) is 15.2. The summed E-state index contributed by atoms with van der Waals surface area (Å²) in [5, 5.41) is 2.59. The van der Waals surface area contributed by atoms with Gasteiger partial charge in [0.25, 0.3) is 0 Å². The third-order valence-electron chi connectivity index (χ3n) is 4.75. The smallest absolute Gasteiger partial charge is 0.324 e. The Kier molecular flexibility index (Phi) is 5.26. The number of sulfonamides is 1. The van der Waals surface area contributed by atoms with Gasteiger partial charge in [-0.2, -0.15) is 4.31 Å². The lowest BCUT2D eigenvalue weighted by atomic mass is 10.2. The average Bonchev–Trinajstić information content (AvgIpc) is 3.07. The number of benzene rings is 1. The maximum Gasteiger partial charge on any atom is 0.324 e. The summed E-state index contributed by atoms with van der Waals surface area (Å²) >= 11 is 0. The van der Waals surface area contributed by atoms with Crippen molar-refractivity contribution in [1.82, 2.24) is 19.4 Å². The van der Waals surface area contributed by atoms with Crippen molar-refractivity contribution in [2.24, 2.45) is 0 Å². The van der Waals surface area contributed by atoms with Crippen molar-refractivity contribution in [2.45, 2.75) is 17.9 Å². The van der Waals surface area contributed by atoms with Gasteiger partial charge in [-0.3, -0.25) is 14.6 Å². The molecule has 1 aromatic carbocycles. The Bertz CT molecular complexity index is 791. The van der Waals surface area contributed by atoms with Crippen LogP contribution in [0.25, 0.3) is 0 Å². The van der Waals surface area contributed by atoms with E-state index in [1.165, 1.54) is 21.3 Å². The van der Waals surface area contributed by atoms with Crippen LogP contribution < -0.4 is 5.32 Å². The number of urea groups is 1. The Morgan fingerprint density at radius 3 is 2.27 bits per heavy atom. The van der Waals surface area contributed by atoms with Crippen molar-refractivity contribution in [1.29, 1.82) is 0 Å². The van der Waals surface area contributed by atoms with E-state index in [2.05, 4.69) is 5.32 Å². The monoisotopic (exact) mass is 384 g/mol. The molecule has 0 unspecified atom stereocenters. The van der Waals surface area contributed by atoms with Crippen LogP contribution in [0.3, 0.4) is 0 Å². The minimum absolute atomic E-state index is 0.0465. The fourth-order valence-corrected chi connectivity index (χ4v) is 4.57. The molecular formula is C16H21FN4O4S. The molecule has 0 aliphatic carbocycles. The molecule has 1 aromatic rings. The van der Waals surface area contributed by atoms with Gasteiger partial charge in [-0.25, -0.2) is 17.6 Å². The van der Waals surface area contributed by atoms with E-state index in [4.69, 9.17) is 0 Å². The highest BCUT2D eigenvalue weighted by Crippen LogP contribution is 2.19. The minimum atomic E-state index is -3.69. The lowest BCUT2D eigenvalue weighted by molar-refractivity contribution is -0.133. The van der Waals surface area contributed by atoms with Gasteiger partial charge in [-0.05, 0) is 31.2 Å². The first kappa shape index (κ1) is 18.7. The van der Waals surface area contributed by atoms with Crippen LogP contribution in [-0.2, 0) is 14.8 Å². The van der Waals surface area contributed by atoms with Crippen LogP contribution >= 0.6 is 0 Å². The topological polar surface area (TPSA) is 90.0 Å². The molecule has 2 heterocycles. The molecule has 2 aliphatic rings. The fraction of sp³-hybridized carbons (Fsp3) is 0.500. The molecular weight excluding hydrogens is 363 g/mol. The van der Waals surface area contributed by atoms with Gasteiger partial charge >= 0.3 is 6.03 Å². The molecule has 0 radical (unpaired) electrons. The minimum Gasteiger partial charge on any atom is -0.336 e. The summed E-state index contributed by atoms with van der Waals surface area (Å²) in [6, 6.07) is 3.83. The number of nitrogens with zero attached hydrogens (tertiary/aromatic N) is 3. The molecule has 1 atom stereocenters. The van der Waals surface area contributed by atoms with E-state index < -0.39 is 21.9 Å². The van der Waals surface area contributed by atoms with Crippen LogP contribution in [-0.4, -0.2) is 79.8 Å². The van der Waals surface area contributed by atoms with E-state index in [9.17, 15) is 22.4 Å². The molecule has 0 spiro atoms. The van der Waals surface area contributed by atoms with Crippen LogP contribution in [0.1, 0.15) is 6.92 Å². The van der Waals surface area contributed by atoms with Crippen molar-refractivity contribution in [2.75, 3.05) is 39.3 Å². The summed E-state index contributed by atoms with van der Waals surface area (Å²) < 4.78 is 39.6. The molecule has 2 saturated heterocycles. The normalized spacial score (nSPS) is 20.8. The second-order valence-corrected chi connectivity index (χ2v) is 8.23. The van der Waals surface area contributed by atoms with Crippen molar-refractivity contribution >= 4 is 22.0 Å². The van der Waals surface area contributed by atoms with Crippen molar-refractivity contribution < 1.29 is 22.4 Å². The molecule has 3 rings (SSSR count). The van der Waals surface area contributed by atoms with Crippen LogP contribution in [0.4, 0.5) is 9.18 Å². The van der Waals surface area contributed by atoms with E-state index >= 15 is 0 Å². The van der Waals surface area contributed by atoms with E-state index in [-0.39, 0.29) is 29.9 Å². The molecule has 0 saturated carbocycles. The summed E-state index contributed by atoms with van der Waals surface area (Å²) in [5.74, 6) is -0.776. The first-order valence-corrected chi connectivity index (χ1v) is 9.83. The first-order valence-electron chi connectivity index (χ1n) is 8.39. The summed E-state index contributed by atoms with van der Waals surface area (Å²) in [7, 11) is -3.69. The molecule has 2 aliphatic heterocycles. The van der Waals surface area contributed by atoms with Crippen LogP contribution in [0.15, 0.2) is 29.2 Å². The largest absolute Gasteiger partial charge is 0.336 e. The summed E-state index contributed by atoms with van der Waals surface area (Å²) in [6.07, 6.45) is 0. The van der Waals surface area contributed by atoms with Crippen LogP contribution in [0, 0.1) is 5.82 Å². The zero-order chi connectivity index (χ0) is 18.9. The van der Waals surface area contributed by atoms with Gasteiger partial charge in [-0.15, -0.1) is 0 Å². The van der Waals surface area contributed by atoms with Crippen LogP contribution in [0.5, 0.6) is 0 Å². The average molecular weight is 384 g/mol. The number of hydrogen-bond donors (Lipinski definition) is 1. The number of nitrogens with one attached hydrogen (secondary N) is 1. The van der Waals surface area contributed by atoms with Gasteiger partial charge in [0.1, 0.15) is 5.82 Å². The highest BCUT2D eigenvalue weighted by atomic mass is 32.2. The predicted molar refractivity (Wildman–Crippen MR) is 91.3 cm³/mol. The number of carbonyl (C=O) groups excluding carboxylic acids is 2. The molecule has 0 aromatic heterocycles. The van der Waals surface area contributed by atoms with E-state index in [0.29, 0.717) is 26.2 Å². The quantitative estimate of drug-likeness (QED) is 0.794. The van der Waals surface area contributed by atoms with Gasteiger partial charge in [0.2, 0.25) is 15.9 Å². The second-order valence-electron chi connectivity index (χ2n) is 6.29. The van der Waals surface area contributed by atoms with E-state index in [1.807, 2.05) is 4.90 Å². The van der Waals surface area contributed by atoms with Crippen molar-refractivity contribution in [3.05, 3.63) is 30.1 Å². The summed E-state index contributed by atoms with van der Waals surface area (Å²) in [4.78, 5) is 27.2. The Morgan fingerprint density at radius 2 is 1.73 bits per heavy atom. The third kappa shape index (κ3) is 3.57. The Morgan fingerprint density at radius 1 is 1.12 bits per heavy atom. The second kappa shape index (κ2) is 7.29. The Labute approximate surface area is 151 Å². The fourth-order valence-electron chi connectivity index (χ4n) is 3.15. The molecule has 2 fully saturated rings. The number of rotatable bonds is 4. The van der Waals surface area contributed by atoms with Gasteiger partial charge in [0.15, 0.2) is 0 Å². The molecule has 1 N–H and O–H groups in total. The molecule has 10 heteroatoms. The summed E-state index contributed by atoms with van der Waals surface area (Å²) in [5.41, 5.74) is 0. The molecule has 3 amide bonds. The first-order chi connectivity index (χ1) is 12.3. The maximum atomic E-state index is 13.0. The van der Waals surface area contributed by atoms with Gasteiger partial charge in [0.05, 0.1) is 10.9 Å². The van der Waals surface area contributed by atoms with Crippen molar-refractivity contribution in [3.63, 3.8) is 0 Å². The Hall–Kier alpha value is -2.04. The van der Waals surface area contributed by atoms with Crippen LogP contribution in [0.2, 0.25) is 0 Å². The Balaban J connectivity index is 1.62. The number of carbonyl (C=O) groups is 2. The van der Waals surface area contributed by atoms with E-state index in [0.717, 1.165) is 12.1 Å². The standard InChI is InChI=1S/C16H21FN4O4S/c1-12(15(22)21-7-6-18-16(21)23)19-8-10-20(11-9-19)26(24,25)14-4-2-13(17)3-5-14/h2-5,12H,6-11H2,1H3,(H,18,23)/t12-/m0/s1. The van der Waals surface area contributed by atoms with Gasteiger partial charge in [0, 0.05) is 39.3 Å². The molecule has 8 nitrogen and oxygen atoms in total. The highest BCUT2D eigenvalue weighted by Gasteiger charge is 2.35. The maximum absolute atomic E-state index is 13.0. The SMILES string of the molecule is C[C@@H](C(=O)N1CCNC1=O)N1CCN(S(=O)(=O)c2ccc(F)cc2)CC1. The van der Waals surface area contributed by atoms with Gasteiger partial charge < -0.3 is 5.32 Å². The predicted octanol–water partition coefficient (Wildman–Crippen LogP) is 0.0723. The van der Waals surface area contributed by atoms with E-state index in [1.54, 1.807) is 6.92 Å². The number of piperazine rings is 1. The zero-order valence-electron chi connectivity index (χ0n) is 14.4. The molecule has 142 valence electrons. The lowest BCUT2D eigenvalue weighted by Crippen LogP contribution is -2.55. The molecule has 26 heavy (non-hydrogen) atoms. The highest BCUT2D eigenvalue weighted by molar-refractivity contribution is 7.89.